The minimum Gasteiger partial charge on any atom is -0.389 e. The molecule has 1 atom stereocenters. The maximum atomic E-state index is 13.9. The summed E-state index contributed by atoms with van der Waals surface area (Å²) >= 11 is 0. The lowest BCUT2D eigenvalue weighted by Crippen LogP contribution is -2.27. The molecular weight excluding hydrogens is 241 g/mol. The molecule has 106 valence electrons. The Morgan fingerprint density at radius 1 is 1.37 bits per heavy atom. The second-order valence-corrected chi connectivity index (χ2v) is 5.73. The first-order chi connectivity index (χ1) is 9.03. The fourth-order valence-corrected chi connectivity index (χ4v) is 3.18. The number of hydrogen-bond donors (Lipinski definition) is 1. The Labute approximate surface area is 115 Å². The van der Waals surface area contributed by atoms with Crippen molar-refractivity contribution in [1.82, 2.24) is 0 Å². The SMILES string of the molecule is CCC1(CC)CCN(c2cccc(F)c2C(C)O)C1. The topological polar surface area (TPSA) is 23.5 Å². The lowest BCUT2D eigenvalue weighted by Gasteiger charge is -2.28. The van der Waals surface area contributed by atoms with Crippen LogP contribution in [0.15, 0.2) is 18.2 Å². The molecule has 19 heavy (non-hydrogen) atoms. The second kappa shape index (κ2) is 5.49. The molecule has 1 aromatic rings. The predicted molar refractivity (Wildman–Crippen MR) is 76.9 cm³/mol. The molecule has 2 rings (SSSR count). The first-order valence-electron chi connectivity index (χ1n) is 7.24. The van der Waals surface area contributed by atoms with Crippen molar-refractivity contribution in [2.45, 2.75) is 46.1 Å². The van der Waals surface area contributed by atoms with Gasteiger partial charge in [0, 0.05) is 24.3 Å². The van der Waals surface area contributed by atoms with Gasteiger partial charge in [0.1, 0.15) is 5.82 Å². The monoisotopic (exact) mass is 265 g/mol. The van der Waals surface area contributed by atoms with Crippen LogP contribution >= 0.6 is 0 Å². The van der Waals surface area contributed by atoms with Crippen molar-refractivity contribution < 1.29 is 9.50 Å². The molecule has 0 amide bonds. The van der Waals surface area contributed by atoms with Crippen LogP contribution in [-0.4, -0.2) is 18.2 Å². The third-order valence-electron chi connectivity index (χ3n) is 4.73. The van der Waals surface area contributed by atoms with Crippen molar-refractivity contribution in [3.8, 4) is 0 Å². The fraction of sp³-hybridized carbons (Fsp3) is 0.625. The maximum absolute atomic E-state index is 13.9. The van der Waals surface area contributed by atoms with Crippen molar-refractivity contribution >= 4 is 5.69 Å². The standard InChI is InChI=1S/C16H24FNO/c1-4-16(5-2)9-10-18(11-16)14-8-6-7-13(17)15(14)12(3)19/h6-8,12,19H,4-5,9-11H2,1-3H3. The smallest absolute Gasteiger partial charge is 0.131 e. The molecule has 0 bridgehead atoms. The van der Waals surface area contributed by atoms with Gasteiger partial charge in [0.2, 0.25) is 0 Å². The summed E-state index contributed by atoms with van der Waals surface area (Å²) in [5.41, 5.74) is 1.65. The molecule has 3 heteroatoms. The molecule has 1 fully saturated rings. The molecule has 1 N–H and O–H groups in total. The molecule has 0 aromatic heterocycles. The number of halogens is 1. The summed E-state index contributed by atoms with van der Waals surface area (Å²) in [6, 6.07) is 5.08. The Morgan fingerprint density at radius 3 is 2.58 bits per heavy atom. The highest BCUT2D eigenvalue weighted by Gasteiger charge is 2.36. The summed E-state index contributed by atoms with van der Waals surface area (Å²) in [5, 5.41) is 9.82. The molecule has 0 saturated carbocycles. The number of hydrogen-bond acceptors (Lipinski definition) is 2. The zero-order valence-corrected chi connectivity index (χ0v) is 12.1. The third kappa shape index (κ3) is 2.62. The Morgan fingerprint density at radius 2 is 2.05 bits per heavy atom. The van der Waals surface area contributed by atoms with Gasteiger partial charge in [-0.25, -0.2) is 4.39 Å². The Kier molecular flexibility index (Phi) is 4.14. The average Bonchev–Trinajstić information content (AvgIpc) is 2.83. The van der Waals surface area contributed by atoms with Crippen molar-refractivity contribution in [3.05, 3.63) is 29.6 Å². The molecule has 0 radical (unpaired) electrons. The van der Waals surface area contributed by atoms with E-state index >= 15 is 0 Å². The summed E-state index contributed by atoms with van der Waals surface area (Å²) in [5.74, 6) is -0.307. The Hall–Kier alpha value is -1.09. The van der Waals surface area contributed by atoms with Crippen molar-refractivity contribution in [2.24, 2.45) is 5.41 Å². The first kappa shape index (κ1) is 14.3. The number of anilines is 1. The summed E-state index contributed by atoms with van der Waals surface area (Å²) < 4.78 is 13.9. The van der Waals surface area contributed by atoms with Gasteiger partial charge in [0.15, 0.2) is 0 Å². The van der Waals surface area contributed by atoms with E-state index in [-0.39, 0.29) is 5.82 Å². The summed E-state index contributed by atoms with van der Waals surface area (Å²) in [6.07, 6.45) is 2.68. The van der Waals surface area contributed by atoms with Crippen molar-refractivity contribution in [1.29, 1.82) is 0 Å². The molecule has 1 saturated heterocycles. The van der Waals surface area contributed by atoms with Crippen LogP contribution in [0.2, 0.25) is 0 Å². The van der Waals surface area contributed by atoms with Gasteiger partial charge in [-0.05, 0) is 43.7 Å². The number of aliphatic hydroxyl groups is 1. The van der Waals surface area contributed by atoms with Crippen molar-refractivity contribution in [2.75, 3.05) is 18.0 Å². The Bertz CT molecular complexity index is 440. The molecule has 1 aromatic carbocycles. The summed E-state index contributed by atoms with van der Waals surface area (Å²) in [6.45, 7) is 8.00. The van der Waals surface area contributed by atoms with E-state index in [4.69, 9.17) is 0 Å². The minimum absolute atomic E-state index is 0.307. The third-order valence-corrected chi connectivity index (χ3v) is 4.73. The molecule has 0 spiro atoms. The highest BCUT2D eigenvalue weighted by atomic mass is 19.1. The molecule has 2 nitrogen and oxygen atoms in total. The zero-order chi connectivity index (χ0) is 14.0. The van der Waals surface area contributed by atoms with Gasteiger partial charge >= 0.3 is 0 Å². The second-order valence-electron chi connectivity index (χ2n) is 5.73. The van der Waals surface area contributed by atoms with Crippen LogP contribution < -0.4 is 4.90 Å². The number of nitrogens with zero attached hydrogens (tertiary/aromatic N) is 1. The largest absolute Gasteiger partial charge is 0.389 e. The quantitative estimate of drug-likeness (QED) is 0.892. The molecule has 1 aliphatic rings. The summed E-state index contributed by atoms with van der Waals surface area (Å²) in [4.78, 5) is 2.23. The minimum atomic E-state index is -0.769. The van der Waals surface area contributed by atoms with E-state index in [1.54, 1.807) is 13.0 Å². The van der Waals surface area contributed by atoms with Gasteiger partial charge in [0.25, 0.3) is 0 Å². The van der Waals surface area contributed by atoms with Crippen LogP contribution in [0.4, 0.5) is 10.1 Å². The van der Waals surface area contributed by atoms with Crippen LogP contribution in [0.3, 0.4) is 0 Å². The number of aliphatic hydroxyl groups excluding tert-OH is 1. The van der Waals surface area contributed by atoms with Gasteiger partial charge in [-0.2, -0.15) is 0 Å². The Balaban J connectivity index is 2.32. The van der Waals surface area contributed by atoms with E-state index in [2.05, 4.69) is 18.7 Å². The zero-order valence-electron chi connectivity index (χ0n) is 12.1. The fourth-order valence-electron chi connectivity index (χ4n) is 3.18. The molecule has 1 unspecified atom stereocenters. The highest BCUT2D eigenvalue weighted by Crippen LogP contribution is 2.41. The maximum Gasteiger partial charge on any atom is 0.131 e. The molecular formula is C16H24FNO. The van der Waals surface area contributed by atoms with Crippen LogP contribution in [0, 0.1) is 11.2 Å². The van der Waals surface area contributed by atoms with Crippen LogP contribution in [0.1, 0.15) is 51.7 Å². The van der Waals surface area contributed by atoms with E-state index in [1.807, 2.05) is 6.07 Å². The van der Waals surface area contributed by atoms with Crippen LogP contribution in [-0.2, 0) is 0 Å². The predicted octanol–water partition coefficient (Wildman–Crippen LogP) is 3.90. The molecule has 1 heterocycles. The van der Waals surface area contributed by atoms with Crippen molar-refractivity contribution in [3.63, 3.8) is 0 Å². The van der Waals surface area contributed by atoms with Gasteiger partial charge in [-0.3, -0.25) is 0 Å². The first-order valence-corrected chi connectivity index (χ1v) is 7.24. The lowest BCUT2D eigenvalue weighted by molar-refractivity contribution is 0.194. The van der Waals surface area contributed by atoms with Gasteiger partial charge < -0.3 is 10.0 Å². The van der Waals surface area contributed by atoms with E-state index in [1.165, 1.54) is 6.07 Å². The van der Waals surface area contributed by atoms with Gasteiger partial charge in [-0.1, -0.05) is 19.9 Å². The molecule has 0 aliphatic carbocycles. The van der Waals surface area contributed by atoms with E-state index in [9.17, 15) is 9.50 Å². The summed E-state index contributed by atoms with van der Waals surface area (Å²) in [7, 11) is 0. The lowest BCUT2D eigenvalue weighted by atomic mass is 9.82. The van der Waals surface area contributed by atoms with Crippen LogP contribution in [0.5, 0.6) is 0 Å². The van der Waals surface area contributed by atoms with Gasteiger partial charge in [0.05, 0.1) is 6.10 Å². The van der Waals surface area contributed by atoms with Gasteiger partial charge in [-0.15, -0.1) is 0 Å². The normalized spacial score (nSPS) is 19.7. The molecule has 1 aliphatic heterocycles. The van der Waals surface area contributed by atoms with E-state index in [0.717, 1.165) is 38.0 Å². The van der Waals surface area contributed by atoms with E-state index < -0.39 is 6.10 Å². The van der Waals surface area contributed by atoms with E-state index in [0.29, 0.717) is 11.0 Å². The number of rotatable bonds is 4. The van der Waals surface area contributed by atoms with Crippen LogP contribution in [0.25, 0.3) is 0 Å². The number of benzene rings is 1. The average molecular weight is 265 g/mol. The highest BCUT2D eigenvalue weighted by molar-refractivity contribution is 5.56.